The van der Waals surface area contributed by atoms with Crippen LogP contribution in [0.15, 0.2) is 41.9 Å². The summed E-state index contributed by atoms with van der Waals surface area (Å²) < 4.78 is 0. The number of carbonyl (C=O) groups excluding carboxylic acids is 1. The van der Waals surface area contributed by atoms with Gasteiger partial charge in [0.15, 0.2) is 0 Å². The monoisotopic (exact) mass is 326 g/mol. The number of hydrogen-bond acceptors (Lipinski definition) is 2. The van der Waals surface area contributed by atoms with Crippen LogP contribution in [0.4, 0.5) is 5.69 Å². The van der Waals surface area contributed by atoms with Gasteiger partial charge in [-0.25, -0.2) is 0 Å². The van der Waals surface area contributed by atoms with Crippen LogP contribution in [-0.4, -0.2) is 23.4 Å². The highest BCUT2D eigenvalue weighted by Crippen LogP contribution is 2.28. The van der Waals surface area contributed by atoms with Gasteiger partial charge < -0.3 is 10.6 Å². The Bertz CT molecular complexity index is 492. The molecule has 114 valence electrons. The highest BCUT2D eigenvalue weighted by molar-refractivity contribution is 6.27. The van der Waals surface area contributed by atoms with Gasteiger partial charge in [0.05, 0.1) is 6.04 Å². The Balaban J connectivity index is 2.32. The van der Waals surface area contributed by atoms with E-state index >= 15 is 0 Å². The van der Waals surface area contributed by atoms with Crippen LogP contribution in [-0.2, 0) is 4.79 Å². The standard InChI is InChI=1S/C16H20Cl2N2O/c17-10-9-16(21)20(13-6-2-1-3-7-13)15-8-4-5-12(18)11-14(15)19/h1-3,6-7,9-10,12,14-15H,4-5,8,11,19H2/b10-9+. The molecule has 2 rings (SSSR count). The number of nitrogens with two attached hydrogens (primary N) is 1. The number of carbonyl (C=O) groups is 1. The van der Waals surface area contributed by atoms with Crippen molar-refractivity contribution in [2.24, 2.45) is 5.73 Å². The second-order valence-electron chi connectivity index (χ2n) is 5.33. The molecule has 3 unspecified atom stereocenters. The minimum absolute atomic E-state index is 0.0588. The average Bonchev–Trinajstić information content (AvgIpc) is 2.62. The van der Waals surface area contributed by atoms with Crippen molar-refractivity contribution < 1.29 is 4.79 Å². The van der Waals surface area contributed by atoms with Crippen molar-refractivity contribution in [3.05, 3.63) is 41.9 Å². The van der Waals surface area contributed by atoms with Crippen LogP contribution in [0.2, 0.25) is 0 Å². The zero-order valence-electron chi connectivity index (χ0n) is 11.8. The number of hydrogen-bond donors (Lipinski definition) is 1. The molecule has 1 aliphatic rings. The molecule has 21 heavy (non-hydrogen) atoms. The van der Waals surface area contributed by atoms with E-state index in [1.165, 1.54) is 11.6 Å². The molecule has 2 N–H and O–H groups in total. The lowest BCUT2D eigenvalue weighted by Crippen LogP contribution is -2.50. The van der Waals surface area contributed by atoms with E-state index in [2.05, 4.69) is 0 Å². The third kappa shape index (κ3) is 4.22. The van der Waals surface area contributed by atoms with E-state index < -0.39 is 0 Å². The number of nitrogens with zero attached hydrogens (tertiary/aromatic N) is 1. The summed E-state index contributed by atoms with van der Waals surface area (Å²) in [5.74, 6) is -0.148. The highest BCUT2D eigenvalue weighted by atomic mass is 35.5. The lowest BCUT2D eigenvalue weighted by atomic mass is 10.0. The molecule has 0 aliphatic heterocycles. The van der Waals surface area contributed by atoms with E-state index in [0.29, 0.717) is 6.42 Å². The molecule has 1 fully saturated rings. The fourth-order valence-electron chi connectivity index (χ4n) is 2.86. The predicted octanol–water partition coefficient (Wildman–Crippen LogP) is 3.65. The maximum atomic E-state index is 12.4. The number of alkyl halides is 1. The molecule has 0 heterocycles. The molecular formula is C16H20Cl2N2O. The van der Waals surface area contributed by atoms with Gasteiger partial charge >= 0.3 is 0 Å². The van der Waals surface area contributed by atoms with Crippen molar-refractivity contribution in [3.63, 3.8) is 0 Å². The molecule has 1 amide bonds. The Morgan fingerprint density at radius 2 is 2.00 bits per heavy atom. The zero-order valence-corrected chi connectivity index (χ0v) is 13.3. The molecule has 1 aromatic carbocycles. The van der Waals surface area contributed by atoms with Crippen LogP contribution in [0, 0.1) is 0 Å². The summed E-state index contributed by atoms with van der Waals surface area (Å²) in [5.41, 5.74) is 8.39. The molecule has 0 saturated heterocycles. The first kappa shape index (κ1) is 16.3. The summed E-state index contributed by atoms with van der Waals surface area (Å²) in [4.78, 5) is 14.2. The lowest BCUT2D eigenvalue weighted by Gasteiger charge is -2.34. The maximum absolute atomic E-state index is 12.4. The summed E-state index contributed by atoms with van der Waals surface area (Å²) >= 11 is 11.8. The summed E-state index contributed by atoms with van der Waals surface area (Å²) in [6.45, 7) is 0. The fraction of sp³-hybridized carbons (Fsp3) is 0.438. The summed E-state index contributed by atoms with van der Waals surface area (Å²) in [6.07, 6.45) is 4.83. The van der Waals surface area contributed by atoms with Crippen molar-refractivity contribution in [1.82, 2.24) is 0 Å². The Kier molecular flexibility index (Phi) is 6.09. The largest absolute Gasteiger partial charge is 0.326 e. The number of halogens is 2. The van der Waals surface area contributed by atoms with Gasteiger partial charge in [-0.3, -0.25) is 4.79 Å². The van der Waals surface area contributed by atoms with Crippen LogP contribution in [0.3, 0.4) is 0 Å². The van der Waals surface area contributed by atoms with E-state index in [0.717, 1.165) is 24.9 Å². The molecule has 0 radical (unpaired) electrons. The minimum Gasteiger partial charge on any atom is -0.326 e. The molecule has 1 aliphatic carbocycles. The van der Waals surface area contributed by atoms with E-state index in [-0.39, 0.29) is 23.4 Å². The molecule has 1 aromatic rings. The molecule has 0 bridgehead atoms. The Hall–Kier alpha value is -1.03. The predicted molar refractivity (Wildman–Crippen MR) is 88.8 cm³/mol. The number of benzene rings is 1. The minimum atomic E-state index is -0.148. The molecule has 3 nitrogen and oxygen atoms in total. The first-order valence-corrected chi connectivity index (χ1v) is 8.05. The molecular weight excluding hydrogens is 307 g/mol. The van der Waals surface area contributed by atoms with Gasteiger partial charge in [-0.15, -0.1) is 11.6 Å². The van der Waals surface area contributed by atoms with Crippen molar-refractivity contribution in [2.45, 2.75) is 43.1 Å². The van der Waals surface area contributed by atoms with Crippen LogP contribution in [0.1, 0.15) is 25.7 Å². The SMILES string of the molecule is NC1CC(Cl)CCCC1N(C(=O)/C=C/Cl)c1ccccc1. The normalized spacial score (nSPS) is 26.5. The molecule has 0 spiro atoms. The maximum Gasteiger partial charge on any atom is 0.252 e. The Morgan fingerprint density at radius 1 is 1.29 bits per heavy atom. The molecule has 5 heteroatoms. The quantitative estimate of drug-likeness (QED) is 0.523. The van der Waals surface area contributed by atoms with E-state index in [9.17, 15) is 4.79 Å². The van der Waals surface area contributed by atoms with Gasteiger partial charge in [0, 0.05) is 28.7 Å². The van der Waals surface area contributed by atoms with E-state index in [4.69, 9.17) is 28.9 Å². The number of para-hydroxylation sites is 1. The Morgan fingerprint density at radius 3 is 2.67 bits per heavy atom. The third-order valence-corrected chi connectivity index (χ3v) is 4.37. The summed E-state index contributed by atoms with van der Waals surface area (Å²) in [6, 6.07) is 9.37. The van der Waals surface area contributed by atoms with Crippen molar-refractivity contribution in [3.8, 4) is 0 Å². The smallest absolute Gasteiger partial charge is 0.252 e. The summed E-state index contributed by atoms with van der Waals surface area (Å²) in [5, 5.41) is 0.0845. The highest BCUT2D eigenvalue weighted by Gasteiger charge is 2.32. The Labute approximate surface area is 135 Å². The zero-order chi connectivity index (χ0) is 15.2. The van der Waals surface area contributed by atoms with E-state index in [1.54, 1.807) is 4.90 Å². The molecule has 1 saturated carbocycles. The second kappa shape index (κ2) is 7.83. The molecule has 3 atom stereocenters. The van der Waals surface area contributed by atoms with Gasteiger partial charge in [0.25, 0.3) is 5.91 Å². The van der Waals surface area contributed by atoms with E-state index in [1.807, 2.05) is 30.3 Å². The van der Waals surface area contributed by atoms with Crippen molar-refractivity contribution >= 4 is 34.8 Å². The van der Waals surface area contributed by atoms with Crippen LogP contribution < -0.4 is 10.6 Å². The van der Waals surface area contributed by atoms with Gasteiger partial charge in [-0.05, 0) is 37.8 Å². The van der Waals surface area contributed by atoms with Gasteiger partial charge in [0.2, 0.25) is 0 Å². The number of rotatable bonds is 3. The van der Waals surface area contributed by atoms with Crippen LogP contribution in [0.5, 0.6) is 0 Å². The lowest BCUT2D eigenvalue weighted by molar-refractivity contribution is -0.114. The van der Waals surface area contributed by atoms with Crippen molar-refractivity contribution in [1.29, 1.82) is 0 Å². The average molecular weight is 327 g/mol. The van der Waals surface area contributed by atoms with Gasteiger partial charge in [-0.1, -0.05) is 29.8 Å². The molecule has 0 aromatic heterocycles. The topological polar surface area (TPSA) is 46.3 Å². The van der Waals surface area contributed by atoms with Gasteiger partial charge in [-0.2, -0.15) is 0 Å². The van der Waals surface area contributed by atoms with Gasteiger partial charge in [0.1, 0.15) is 0 Å². The fourth-order valence-corrected chi connectivity index (χ4v) is 3.33. The third-order valence-electron chi connectivity index (χ3n) is 3.85. The number of anilines is 1. The van der Waals surface area contributed by atoms with Crippen molar-refractivity contribution in [2.75, 3.05) is 4.90 Å². The first-order valence-electron chi connectivity index (χ1n) is 7.18. The van der Waals surface area contributed by atoms with Crippen LogP contribution >= 0.6 is 23.2 Å². The first-order chi connectivity index (χ1) is 10.1. The number of amides is 1. The summed E-state index contributed by atoms with van der Waals surface area (Å²) in [7, 11) is 0. The van der Waals surface area contributed by atoms with Crippen LogP contribution in [0.25, 0.3) is 0 Å². The second-order valence-corrected chi connectivity index (χ2v) is 6.20.